The average molecular weight is 402 g/mol. The number of ether oxygens (including phenoxy) is 1. The monoisotopic (exact) mass is 401 g/mol. The Morgan fingerprint density at radius 2 is 2.00 bits per heavy atom. The van der Waals surface area contributed by atoms with Crippen LogP contribution in [0.3, 0.4) is 0 Å². The Morgan fingerprint density at radius 1 is 1.15 bits per heavy atom. The van der Waals surface area contributed by atoms with Crippen molar-refractivity contribution < 1.29 is 13.9 Å². The molecule has 2 aromatic carbocycles. The van der Waals surface area contributed by atoms with Gasteiger partial charge in [-0.2, -0.15) is 0 Å². The van der Waals surface area contributed by atoms with E-state index < -0.39 is 6.04 Å². The predicted molar refractivity (Wildman–Crippen MR) is 105 cm³/mol. The zero-order chi connectivity index (χ0) is 19.0. The van der Waals surface area contributed by atoms with E-state index in [-0.39, 0.29) is 5.91 Å². The van der Waals surface area contributed by atoms with E-state index in [0.717, 1.165) is 34.4 Å². The van der Waals surface area contributed by atoms with Crippen molar-refractivity contribution in [2.75, 3.05) is 6.61 Å². The summed E-state index contributed by atoms with van der Waals surface area (Å²) in [5, 5.41) is 4.16. The summed E-state index contributed by atoms with van der Waals surface area (Å²) >= 11 is 12.6. The van der Waals surface area contributed by atoms with Crippen molar-refractivity contribution in [2.24, 2.45) is 0 Å². The van der Waals surface area contributed by atoms with Gasteiger partial charge in [-0.25, -0.2) is 0 Å². The lowest BCUT2D eigenvalue weighted by Gasteiger charge is -2.22. The number of aryl methyl sites for hydroxylation is 1. The van der Waals surface area contributed by atoms with E-state index in [1.165, 1.54) is 6.26 Å². The normalized spacial score (nSPS) is 13.7. The van der Waals surface area contributed by atoms with Crippen LogP contribution in [0, 0.1) is 6.92 Å². The molecule has 1 unspecified atom stereocenters. The number of nitrogens with one attached hydrogen (secondary N) is 1. The van der Waals surface area contributed by atoms with Crippen LogP contribution >= 0.6 is 23.2 Å². The molecule has 1 aliphatic heterocycles. The first-order valence-corrected chi connectivity index (χ1v) is 9.33. The van der Waals surface area contributed by atoms with Gasteiger partial charge in [-0.1, -0.05) is 29.3 Å². The highest BCUT2D eigenvalue weighted by Crippen LogP contribution is 2.34. The Balaban J connectivity index is 1.76. The van der Waals surface area contributed by atoms with Gasteiger partial charge < -0.3 is 14.5 Å². The van der Waals surface area contributed by atoms with E-state index in [1.807, 2.05) is 25.1 Å². The number of furan rings is 1. The van der Waals surface area contributed by atoms with Gasteiger partial charge in [-0.3, -0.25) is 4.79 Å². The highest BCUT2D eigenvalue weighted by atomic mass is 35.5. The second-order valence-corrected chi connectivity index (χ2v) is 7.35. The maximum atomic E-state index is 12.8. The van der Waals surface area contributed by atoms with Crippen molar-refractivity contribution in [1.82, 2.24) is 5.32 Å². The number of rotatable bonds is 4. The molecular formula is C21H17Cl2NO3. The third kappa shape index (κ3) is 3.55. The number of fused-ring (bicyclic) bond motifs is 1. The quantitative estimate of drug-likeness (QED) is 0.640. The molecule has 1 N–H and O–H groups in total. The maximum Gasteiger partial charge on any atom is 0.255 e. The Morgan fingerprint density at radius 3 is 2.78 bits per heavy atom. The van der Waals surface area contributed by atoms with Crippen LogP contribution in [0.4, 0.5) is 0 Å². The molecule has 0 saturated heterocycles. The number of benzene rings is 2. The number of halogens is 2. The second kappa shape index (κ2) is 7.29. The Hall–Kier alpha value is -2.43. The first-order chi connectivity index (χ1) is 13.0. The fourth-order valence-corrected chi connectivity index (χ4v) is 3.67. The molecule has 138 valence electrons. The Labute approximate surface area is 167 Å². The van der Waals surface area contributed by atoms with Crippen LogP contribution in [0.1, 0.15) is 38.7 Å². The van der Waals surface area contributed by atoms with E-state index >= 15 is 0 Å². The van der Waals surface area contributed by atoms with Gasteiger partial charge in [0.15, 0.2) is 0 Å². The zero-order valence-corrected chi connectivity index (χ0v) is 16.1. The number of carbonyl (C=O) groups excluding carboxylic acids is 1. The van der Waals surface area contributed by atoms with Gasteiger partial charge in [0.2, 0.25) is 0 Å². The fraction of sp³-hybridized carbons (Fsp3) is 0.190. The predicted octanol–water partition coefficient (Wildman–Crippen LogP) is 5.35. The van der Waals surface area contributed by atoms with Crippen LogP contribution in [0.5, 0.6) is 5.75 Å². The molecule has 2 heterocycles. The van der Waals surface area contributed by atoms with Gasteiger partial charge in [0.1, 0.15) is 12.0 Å². The number of hydrogen-bond acceptors (Lipinski definition) is 3. The van der Waals surface area contributed by atoms with Crippen LogP contribution in [-0.4, -0.2) is 12.5 Å². The topological polar surface area (TPSA) is 51.5 Å². The molecular weight excluding hydrogens is 385 g/mol. The molecule has 1 atom stereocenters. The van der Waals surface area contributed by atoms with Gasteiger partial charge >= 0.3 is 0 Å². The average Bonchev–Trinajstić information content (AvgIpc) is 3.29. The van der Waals surface area contributed by atoms with E-state index in [2.05, 4.69) is 5.32 Å². The molecule has 4 rings (SSSR count). The summed E-state index contributed by atoms with van der Waals surface area (Å²) < 4.78 is 10.7. The van der Waals surface area contributed by atoms with Gasteiger partial charge in [0.25, 0.3) is 5.91 Å². The van der Waals surface area contributed by atoms with Crippen LogP contribution in [0.25, 0.3) is 0 Å². The molecule has 1 aromatic heterocycles. The van der Waals surface area contributed by atoms with Crippen molar-refractivity contribution in [3.8, 4) is 5.75 Å². The standard InChI is InChI=1S/C21H17Cl2NO3/c1-12-10-26-11-17(12)21(25)24-20(16-9-15(22)3-4-18(16)23)14-2-5-19-13(8-14)6-7-27-19/h2-5,8-11,20H,6-7H2,1H3,(H,24,25). The van der Waals surface area contributed by atoms with Crippen molar-refractivity contribution in [3.05, 3.63) is 86.8 Å². The van der Waals surface area contributed by atoms with E-state index in [4.69, 9.17) is 32.4 Å². The largest absolute Gasteiger partial charge is 0.493 e. The molecule has 6 heteroatoms. The van der Waals surface area contributed by atoms with Crippen molar-refractivity contribution >= 4 is 29.1 Å². The van der Waals surface area contributed by atoms with Crippen LogP contribution in [0.2, 0.25) is 10.0 Å². The molecule has 4 nitrogen and oxygen atoms in total. The second-order valence-electron chi connectivity index (χ2n) is 6.51. The first kappa shape index (κ1) is 18.0. The lowest BCUT2D eigenvalue weighted by molar-refractivity contribution is 0.0942. The van der Waals surface area contributed by atoms with E-state index in [1.54, 1.807) is 24.5 Å². The summed E-state index contributed by atoms with van der Waals surface area (Å²) in [6.45, 7) is 2.49. The molecule has 3 aromatic rings. The molecule has 0 fully saturated rings. The maximum absolute atomic E-state index is 12.8. The van der Waals surface area contributed by atoms with Crippen molar-refractivity contribution in [1.29, 1.82) is 0 Å². The van der Waals surface area contributed by atoms with Gasteiger partial charge in [-0.15, -0.1) is 0 Å². The van der Waals surface area contributed by atoms with Crippen LogP contribution < -0.4 is 10.1 Å². The van der Waals surface area contributed by atoms with E-state index in [0.29, 0.717) is 22.2 Å². The Bertz CT molecular complexity index is 1010. The van der Waals surface area contributed by atoms with Gasteiger partial charge in [0, 0.05) is 16.5 Å². The third-order valence-electron chi connectivity index (χ3n) is 4.69. The highest BCUT2D eigenvalue weighted by Gasteiger charge is 2.24. The highest BCUT2D eigenvalue weighted by molar-refractivity contribution is 6.33. The lowest BCUT2D eigenvalue weighted by Crippen LogP contribution is -2.29. The fourth-order valence-electron chi connectivity index (χ4n) is 3.26. The summed E-state index contributed by atoms with van der Waals surface area (Å²) in [5.41, 5.74) is 4.02. The lowest BCUT2D eigenvalue weighted by atomic mass is 9.96. The van der Waals surface area contributed by atoms with Crippen LogP contribution in [0.15, 0.2) is 53.3 Å². The molecule has 27 heavy (non-hydrogen) atoms. The summed E-state index contributed by atoms with van der Waals surface area (Å²) in [6.07, 6.45) is 3.83. The summed E-state index contributed by atoms with van der Waals surface area (Å²) in [6, 6.07) is 10.7. The third-order valence-corrected chi connectivity index (χ3v) is 5.27. The van der Waals surface area contributed by atoms with Crippen molar-refractivity contribution in [3.63, 3.8) is 0 Å². The van der Waals surface area contributed by atoms with Gasteiger partial charge in [-0.05, 0) is 59.5 Å². The number of hydrogen-bond donors (Lipinski definition) is 1. The number of carbonyl (C=O) groups is 1. The summed E-state index contributed by atoms with van der Waals surface area (Å²) in [5.74, 6) is 0.644. The molecule has 0 aliphatic carbocycles. The number of amides is 1. The Kier molecular flexibility index (Phi) is 4.85. The molecule has 1 amide bonds. The SMILES string of the molecule is Cc1cocc1C(=O)NC(c1ccc2c(c1)CCO2)c1cc(Cl)ccc1Cl. The molecule has 0 spiro atoms. The molecule has 0 saturated carbocycles. The van der Waals surface area contributed by atoms with E-state index in [9.17, 15) is 4.79 Å². The zero-order valence-electron chi connectivity index (χ0n) is 14.6. The molecule has 0 bridgehead atoms. The summed E-state index contributed by atoms with van der Waals surface area (Å²) in [7, 11) is 0. The van der Waals surface area contributed by atoms with Crippen molar-refractivity contribution in [2.45, 2.75) is 19.4 Å². The minimum Gasteiger partial charge on any atom is -0.493 e. The minimum atomic E-state index is -0.455. The molecule has 0 radical (unpaired) electrons. The molecule has 1 aliphatic rings. The van der Waals surface area contributed by atoms with Crippen LogP contribution in [-0.2, 0) is 6.42 Å². The first-order valence-electron chi connectivity index (χ1n) is 8.57. The summed E-state index contributed by atoms with van der Waals surface area (Å²) in [4.78, 5) is 12.8. The smallest absolute Gasteiger partial charge is 0.255 e. The minimum absolute atomic E-state index is 0.237. The van der Waals surface area contributed by atoms with Gasteiger partial charge in [0.05, 0.1) is 24.5 Å².